The first-order valence-corrected chi connectivity index (χ1v) is 7.53. The summed E-state index contributed by atoms with van der Waals surface area (Å²) in [4.78, 5) is 12.1. The van der Waals surface area contributed by atoms with E-state index in [9.17, 15) is 18.0 Å². The van der Waals surface area contributed by atoms with E-state index in [0.717, 1.165) is 25.0 Å². The number of nitrogens with one attached hydrogen (secondary N) is 1. The number of carbonyl (C=O) groups is 1. The van der Waals surface area contributed by atoms with Crippen LogP contribution in [0.3, 0.4) is 0 Å². The van der Waals surface area contributed by atoms with Gasteiger partial charge in [-0.1, -0.05) is 6.07 Å². The molecule has 1 heterocycles. The van der Waals surface area contributed by atoms with Gasteiger partial charge in [0.1, 0.15) is 5.75 Å². The molecule has 1 aliphatic rings. The van der Waals surface area contributed by atoms with Gasteiger partial charge in [-0.25, -0.2) is 0 Å². The van der Waals surface area contributed by atoms with Gasteiger partial charge < -0.3 is 14.8 Å². The van der Waals surface area contributed by atoms with Crippen molar-refractivity contribution in [3.63, 3.8) is 0 Å². The minimum Gasteiger partial charge on any atom is -0.481 e. The normalized spacial score (nSPS) is 20.8. The van der Waals surface area contributed by atoms with Gasteiger partial charge in [-0.3, -0.25) is 4.79 Å². The van der Waals surface area contributed by atoms with Gasteiger partial charge in [-0.05, 0) is 44.9 Å². The topological polar surface area (TPSA) is 47.6 Å². The largest absolute Gasteiger partial charge is 0.481 e. The van der Waals surface area contributed by atoms with E-state index in [4.69, 9.17) is 9.47 Å². The van der Waals surface area contributed by atoms with Crippen molar-refractivity contribution in [3.05, 3.63) is 29.8 Å². The molecule has 1 saturated heterocycles. The van der Waals surface area contributed by atoms with Crippen molar-refractivity contribution in [3.8, 4) is 5.75 Å². The molecule has 4 nitrogen and oxygen atoms in total. The molecule has 0 bridgehead atoms. The first kappa shape index (κ1) is 17.6. The summed E-state index contributed by atoms with van der Waals surface area (Å²) < 4.78 is 48.8. The van der Waals surface area contributed by atoms with Crippen LogP contribution >= 0.6 is 0 Å². The summed E-state index contributed by atoms with van der Waals surface area (Å²) in [6, 6.07) is 4.31. The van der Waals surface area contributed by atoms with E-state index in [1.165, 1.54) is 19.1 Å². The zero-order valence-corrected chi connectivity index (χ0v) is 13.0. The Balaban J connectivity index is 1.93. The van der Waals surface area contributed by atoms with Crippen molar-refractivity contribution >= 4 is 5.91 Å². The van der Waals surface area contributed by atoms with Gasteiger partial charge in [0.05, 0.1) is 17.7 Å². The van der Waals surface area contributed by atoms with Crippen LogP contribution in [0, 0.1) is 0 Å². The van der Waals surface area contributed by atoms with E-state index >= 15 is 0 Å². The molecule has 0 spiro atoms. The second-order valence-electron chi connectivity index (χ2n) is 5.63. The van der Waals surface area contributed by atoms with Gasteiger partial charge >= 0.3 is 6.18 Å². The average Bonchev–Trinajstić information content (AvgIpc) is 3.00. The number of hydrogen-bond acceptors (Lipinski definition) is 3. The van der Waals surface area contributed by atoms with Crippen molar-refractivity contribution in [1.29, 1.82) is 0 Å². The first-order valence-electron chi connectivity index (χ1n) is 7.53. The molecular formula is C16H20F3NO3. The summed E-state index contributed by atoms with van der Waals surface area (Å²) in [6.45, 7) is 4.02. The molecule has 23 heavy (non-hydrogen) atoms. The molecule has 7 heteroatoms. The first-order chi connectivity index (χ1) is 10.8. The van der Waals surface area contributed by atoms with Crippen LogP contribution in [-0.2, 0) is 15.7 Å². The van der Waals surface area contributed by atoms with Crippen molar-refractivity contribution in [2.45, 2.75) is 51.1 Å². The maximum Gasteiger partial charge on any atom is 0.416 e. The molecule has 0 unspecified atom stereocenters. The molecule has 1 aromatic carbocycles. The third-order valence-corrected chi connectivity index (χ3v) is 3.74. The second kappa shape index (κ2) is 7.21. The van der Waals surface area contributed by atoms with Crippen LogP contribution in [0.2, 0.25) is 0 Å². The van der Waals surface area contributed by atoms with E-state index in [-0.39, 0.29) is 23.8 Å². The number of hydrogen-bond donors (Lipinski definition) is 1. The highest BCUT2D eigenvalue weighted by Gasteiger charge is 2.31. The minimum absolute atomic E-state index is 0.00671. The number of benzene rings is 1. The SMILES string of the molecule is C[C@@H](Oc1cccc(C(F)(F)F)c1)C(=O)N[C@H](C)[C@@H]1CCCO1. The predicted octanol–water partition coefficient (Wildman–Crippen LogP) is 3.16. The lowest BCUT2D eigenvalue weighted by molar-refractivity contribution is -0.137. The zero-order valence-electron chi connectivity index (χ0n) is 13.0. The fourth-order valence-corrected chi connectivity index (χ4v) is 2.43. The standard InChI is InChI=1S/C16H20F3NO3/c1-10(14-7-4-8-22-14)20-15(21)11(2)23-13-6-3-5-12(9-13)16(17,18)19/h3,5-6,9-11,14H,4,7-8H2,1-2H3,(H,20,21)/t10-,11-,14+/m1/s1. The van der Waals surface area contributed by atoms with Crippen LogP contribution in [0.15, 0.2) is 24.3 Å². The third kappa shape index (κ3) is 4.86. The molecule has 128 valence electrons. The Labute approximate surface area is 133 Å². The fraction of sp³-hybridized carbons (Fsp3) is 0.562. The number of ether oxygens (including phenoxy) is 2. The van der Waals surface area contributed by atoms with Gasteiger partial charge in [-0.2, -0.15) is 13.2 Å². The molecule has 1 N–H and O–H groups in total. The van der Waals surface area contributed by atoms with Crippen molar-refractivity contribution < 1.29 is 27.4 Å². The number of amides is 1. The average molecular weight is 331 g/mol. The Morgan fingerprint density at radius 2 is 2.13 bits per heavy atom. The summed E-state index contributed by atoms with van der Waals surface area (Å²) in [6.07, 6.45) is -3.54. The van der Waals surface area contributed by atoms with Crippen molar-refractivity contribution in [2.24, 2.45) is 0 Å². The van der Waals surface area contributed by atoms with E-state index in [2.05, 4.69) is 5.32 Å². The van der Waals surface area contributed by atoms with Gasteiger partial charge in [0.2, 0.25) is 0 Å². The van der Waals surface area contributed by atoms with Crippen LogP contribution in [-0.4, -0.2) is 30.8 Å². The molecule has 0 radical (unpaired) electrons. The van der Waals surface area contributed by atoms with Gasteiger partial charge in [0.15, 0.2) is 6.10 Å². The monoisotopic (exact) mass is 331 g/mol. The molecule has 1 amide bonds. The number of halogens is 3. The van der Waals surface area contributed by atoms with Crippen molar-refractivity contribution in [1.82, 2.24) is 5.32 Å². The molecule has 3 atom stereocenters. The highest BCUT2D eigenvalue weighted by Crippen LogP contribution is 2.31. The smallest absolute Gasteiger partial charge is 0.416 e. The Bertz CT molecular complexity index is 542. The lowest BCUT2D eigenvalue weighted by Gasteiger charge is -2.22. The molecule has 0 aliphatic carbocycles. The number of rotatable bonds is 5. The predicted molar refractivity (Wildman–Crippen MR) is 78.1 cm³/mol. The lowest BCUT2D eigenvalue weighted by Crippen LogP contribution is -2.46. The molecule has 2 rings (SSSR count). The van der Waals surface area contributed by atoms with E-state index in [0.29, 0.717) is 6.61 Å². The fourth-order valence-electron chi connectivity index (χ4n) is 2.43. The molecule has 0 aromatic heterocycles. The van der Waals surface area contributed by atoms with E-state index in [1.54, 1.807) is 0 Å². The summed E-state index contributed by atoms with van der Waals surface area (Å²) in [7, 11) is 0. The van der Waals surface area contributed by atoms with Gasteiger partial charge in [0.25, 0.3) is 5.91 Å². The third-order valence-electron chi connectivity index (χ3n) is 3.74. The van der Waals surface area contributed by atoms with E-state index in [1.807, 2.05) is 6.92 Å². The summed E-state index contributed by atoms with van der Waals surface area (Å²) in [5.74, 6) is -0.377. The summed E-state index contributed by atoms with van der Waals surface area (Å²) >= 11 is 0. The number of alkyl halides is 3. The van der Waals surface area contributed by atoms with Crippen LogP contribution in [0.25, 0.3) is 0 Å². The highest BCUT2D eigenvalue weighted by molar-refractivity contribution is 5.81. The quantitative estimate of drug-likeness (QED) is 0.902. The lowest BCUT2D eigenvalue weighted by atomic mass is 10.1. The Kier molecular flexibility index (Phi) is 5.51. The van der Waals surface area contributed by atoms with Gasteiger partial charge in [-0.15, -0.1) is 0 Å². The maximum atomic E-state index is 12.7. The van der Waals surface area contributed by atoms with Crippen LogP contribution in [0.5, 0.6) is 5.75 Å². The Hall–Kier alpha value is -1.76. The van der Waals surface area contributed by atoms with Crippen molar-refractivity contribution in [2.75, 3.05) is 6.61 Å². The molecule has 1 aromatic rings. The Morgan fingerprint density at radius 1 is 1.39 bits per heavy atom. The van der Waals surface area contributed by atoms with Crippen LogP contribution < -0.4 is 10.1 Å². The zero-order chi connectivity index (χ0) is 17.0. The summed E-state index contributed by atoms with van der Waals surface area (Å²) in [5, 5.41) is 2.78. The number of carbonyl (C=O) groups excluding carboxylic acids is 1. The maximum absolute atomic E-state index is 12.7. The van der Waals surface area contributed by atoms with Crippen LogP contribution in [0.1, 0.15) is 32.3 Å². The van der Waals surface area contributed by atoms with Crippen LogP contribution in [0.4, 0.5) is 13.2 Å². The minimum atomic E-state index is -4.45. The molecule has 0 saturated carbocycles. The molecular weight excluding hydrogens is 311 g/mol. The van der Waals surface area contributed by atoms with Gasteiger partial charge in [0, 0.05) is 6.61 Å². The Morgan fingerprint density at radius 3 is 2.74 bits per heavy atom. The van der Waals surface area contributed by atoms with E-state index < -0.39 is 17.8 Å². The summed E-state index contributed by atoms with van der Waals surface area (Å²) in [5.41, 5.74) is -0.810. The second-order valence-corrected chi connectivity index (χ2v) is 5.63. The highest BCUT2D eigenvalue weighted by atomic mass is 19.4. The molecule has 1 aliphatic heterocycles. The molecule has 1 fully saturated rings.